The molecule has 0 saturated carbocycles. The Hall–Kier alpha value is -1.07. The maximum Gasteiger partial charge on any atom is 0.220 e. The highest BCUT2D eigenvalue weighted by atomic mass is 16.7. The quantitative estimate of drug-likeness (QED) is 0.146. The second-order valence-corrected chi connectivity index (χ2v) is 8.43. The molecular weight excluding hydrogens is 418 g/mol. The summed E-state index contributed by atoms with van der Waals surface area (Å²) in [5.74, 6) is -0.238. The highest BCUT2D eigenvalue weighted by Crippen LogP contribution is 2.22. The van der Waals surface area contributed by atoms with Crippen LogP contribution >= 0.6 is 0 Å². The van der Waals surface area contributed by atoms with Crippen LogP contribution in [0.5, 0.6) is 0 Å². The van der Waals surface area contributed by atoms with Gasteiger partial charge in [-0.05, 0) is 19.3 Å². The van der Waals surface area contributed by atoms with Crippen molar-refractivity contribution in [3.63, 3.8) is 0 Å². The van der Waals surface area contributed by atoms with Crippen LogP contribution in [0.3, 0.4) is 0 Å². The van der Waals surface area contributed by atoms with E-state index in [1.54, 1.807) is 6.08 Å². The standard InChI is InChI=1S/C23H43NO8/c1-3-5-6-7-8-9-10-11-13-17(26)16(24-19(27)12-4-2)15-31-23-22(30)21(29)20(28)18(14-25)32-23/h11,13,16-18,20-23,25-26,28-30H,3-10,12,14-15H2,1-2H3,(H,24,27)/b13-11+. The van der Waals surface area contributed by atoms with Crippen molar-refractivity contribution in [2.24, 2.45) is 0 Å². The average molecular weight is 462 g/mol. The molecule has 0 aromatic carbocycles. The number of ether oxygens (including phenoxy) is 2. The molecule has 1 heterocycles. The van der Waals surface area contributed by atoms with E-state index in [4.69, 9.17) is 9.47 Å². The zero-order chi connectivity index (χ0) is 23.9. The number of nitrogens with one attached hydrogen (secondary N) is 1. The van der Waals surface area contributed by atoms with E-state index in [9.17, 15) is 30.3 Å². The van der Waals surface area contributed by atoms with Crippen LogP contribution in [0.4, 0.5) is 0 Å². The molecule has 0 radical (unpaired) electrons. The second-order valence-electron chi connectivity index (χ2n) is 8.43. The van der Waals surface area contributed by atoms with E-state index in [1.807, 2.05) is 13.0 Å². The third-order valence-corrected chi connectivity index (χ3v) is 5.58. The van der Waals surface area contributed by atoms with Gasteiger partial charge in [-0.1, -0.05) is 58.1 Å². The molecule has 0 bridgehead atoms. The van der Waals surface area contributed by atoms with Crippen molar-refractivity contribution in [1.29, 1.82) is 0 Å². The highest BCUT2D eigenvalue weighted by molar-refractivity contribution is 5.76. The lowest BCUT2D eigenvalue weighted by Crippen LogP contribution is -2.60. The molecule has 0 spiro atoms. The number of hydrogen-bond donors (Lipinski definition) is 6. The van der Waals surface area contributed by atoms with Crippen LogP contribution in [0, 0.1) is 0 Å². The van der Waals surface area contributed by atoms with Gasteiger partial charge in [-0.25, -0.2) is 0 Å². The van der Waals surface area contributed by atoms with Crippen LogP contribution in [0.25, 0.3) is 0 Å². The molecule has 1 fully saturated rings. The van der Waals surface area contributed by atoms with Gasteiger partial charge < -0.3 is 40.3 Å². The summed E-state index contributed by atoms with van der Waals surface area (Å²) in [4.78, 5) is 12.1. The Balaban J connectivity index is 2.61. The monoisotopic (exact) mass is 461 g/mol. The molecule has 0 aromatic rings. The summed E-state index contributed by atoms with van der Waals surface area (Å²) < 4.78 is 10.8. The normalized spacial score (nSPS) is 28.0. The average Bonchev–Trinajstić information content (AvgIpc) is 2.78. The molecule has 0 aromatic heterocycles. The lowest BCUT2D eigenvalue weighted by Gasteiger charge is -2.40. The summed E-state index contributed by atoms with van der Waals surface area (Å²) in [5.41, 5.74) is 0. The Labute approximate surface area is 191 Å². The van der Waals surface area contributed by atoms with Crippen LogP contribution in [0.2, 0.25) is 0 Å². The molecule has 0 aliphatic carbocycles. The lowest BCUT2D eigenvalue weighted by molar-refractivity contribution is -0.302. The Morgan fingerprint density at radius 3 is 2.38 bits per heavy atom. The number of aliphatic hydroxyl groups excluding tert-OH is 5. The fourth-order valence-corrected chi connectivity index (χ4v) is 3.55. The van der Waals surface area contributed by atoms with Gasteiger partial charge in [-0.3, -0.25) is 4.79 Å². The fraction of sp³-hybridized carbons (Fsp3) is 0.870. The molecule has 188 valence electrons. The zero-order valence-corrected chi connectivity index (χ0v) is 19.4. The van der Waals surface area contributed by atoms with Gasteiger partial charge in [-0.15, -0.1) is 0 Å². The Morgan fingerprint density at radius 1 is 1.03 bits per heavy atom. The smallest absolute Gasteiger partial charge is 0.220 e. The number of carbonyl (C=O) groups excluding carboxylic acids is 1. The van der Waals surface area contributed by atoms with Crippen LogP contribution in [-0.2, 0) is 14.3 Å². The summed E-state index contributed by atoms with van der Waals surface area (Å²) in [7, 11) is 0. The van der Waals surface area contributed by atoms with Gasteiger partial charge in [0.15, 0.2) is 6.29 Å². The van der Waals surface area contributed by atoms with E-state index < -0.39 is 49.5 Å². The van der Waals surface area contributed by atoms with Crippen LogP contribution in [0.1, 0.15) is 71.6 Å². The van der Waals surface area contributed by atoms with Crippen molar-refractivity contribution < 1.29 is 39.8 Å². The lowest BCUT2D eigenvalue weighted by atomic mass is 9.99. The van der Waals surface area contributed by atoms with Crippen molar-refractivity contribution in [3.8, 4) is 0 Å². The molecule has 9 heteroatoms. The maximum atomic E-state index is 12.1. The Morgan fingerprint density at radius 2 is 1.72 bits per heavy atom. The van der Waals surface area contributed by atoms with Gasteiger partial charge >= 0.3 is 0 Å². The van der Waals surface area contributed by atoms with Crippen molar-refractivity contribution in [2.75, 3.05) is 13.2 Å². The van der Waals surface area contributed by atoms with Crippen LogP contribution < -0.4 is 5.32 Å². The van der Waals surface area contributed by atoms with Crippen molar-refractivity contribution in [1.82, 2.24) is 5.32 Å². The van der Waals surface area contributed by atoms with E-state index in [1.165, 1.54) is 25.7 Å². The number of amides is 1. The van der Waals surface area contributed by atoms with E-state index in [-0.39, 0.29) is 12.5 Å². The molecular formula is C23H43NO8. The summed E-state index contributed by atoms with van der Waals surface area (Å²) >= 11 is 0. The molecule has 1 amide bonds. The summed E-state index contributed by atoms with van der Waals surface area (Å²) in [6.45, 7) is 3.29. The Kier molecular flexibility index (Phi) is 15.0. The third kappa shape index (κ3) is 10.2. The van der Waals surface area contributed by atoms with Crippen molar-refractivity contribution in [2.45, 2.75) is 114 Å². The van der Waals surface area contributed by atoms with Crippen LogP contribution in [-0.4, -0.2) is 87.5 Å². The number of unbranched alkanes of at least 4 members (excludes halogenated alkanes) is 6. The third-order valence-electron chi connectivity index (χ3n) is 5.58. The minimum Gasteiger partial charge on any atom is -0.394 e. The first-order chi connectivity index (χ1) is 15.3. The summed E-state index contributed by atoms with van der Waals surface area (Å²) in [5, 5.41) is 52.5. The van der Waals surface area contributed by atoms with Gasteiger partial charge in [0.05, 0.1) is 25.4 Å². The molecule has 7 atom stereocenters. The number of allylic oxidation sites excluding steroid dienone is 1. The summed E-state index contributed by atoms with van der Waals surface area (Å²) in [6.07, 6.45) is 4.35. The van der Waals surface area contributed by atoms with Gasteiger partial charge in [-0.2, -0.15) is 0 Å². The van der Waals surface area contributed by atoms with Gasteiger partial charge in [0, 0.05) is 6.42 Å². The Bertz CT molecular complexity index is 530. The fourth-order valence-electron chi connectivity index (χ4n) is 3.55. The number of hydrogen-bond acceptors (Lipinski definition) is 8. The molecule has 1 rings (SSSR count). The van der Waals surface area contributed by atoms with E-state index in [0.29, 0.717) is 12.8 Å². The van der Waals surface area contributed by atoms with E-state index >= 15 is 0 Å². The summed E-state index contributed by atoms with van der Waals surface area (Å²) in [6, 6.07) is -0.790. The molecule has 1 aliphatic heterocycles. The van der Waals surface area contributed by atoms with E-state index in [0.717, 1.165) is 19.3 Å². The first kappa shape index (κ1) is 29.0. The van der Waals surface area contributed by atoms with Crippen LogP contribution in [0.15, 0.2) is 12.2 Å². The predicted molar refractivity (Wildman–Crippen MR) is 120 cm³/mol. The molecule has 7 unspecified atom stereocenters. The maximum absolute atomic E-state index is 12.1. The molecule has 1 aliphatic rings. The highest BCUT2D eigenvalue weighted by Gasteiger charge is 2.44. The molecule has 1 saturated heterocycles. The first-order valence-electron chi connectivity index (χ1n) is 11.9. The van der Waals surface area contributed by atoms with Crippen molar-refractivity contribution in [3.05, 3.63) is 12.2 Å². The molecule has 6 N–H and O–H groups in total. The second kappa shape index (κ2) is 16.5. The number of rotatable bonds is 16. The SMILES string of the molecule is CCCCCCCC/C=C/C(O)C(COC1OC(CO)C(O)C(O)C1O)NC(=O)CCC. The first-order valence-corrected chi connectivity index (χ1v) is 11.9. The predicted octanol–water partition coefficient (Wildman–Crippen LogP) is 0.756. The molecule has 9 nitrogen and oxygen atoms in total. The largest absolute Gasteiger partial charge is 0.394 e. The number of aliphatic hydroxyl groups is 5. The minimum absolute atomic E-state index is 0.194. The molecule has 32 heavy (non-hydrogen) atoms. The van der Waals surface area contributed by atoms with Gasteiger partial charge in [0.1, 0.15) is 24.4 Å². The van der Waals surface area contributed by atoms with Crippen molar-refractivity contribution >= 4 is 5.91 Å². The number of carbonyl (C=O) groups is 1. The van der Waals surface area contributed by atoms with Gasteiger partial charge in [0.25, 0.3) is 0 Å². The van der Waals surface area contributed by atoms with Gasteiger partial charge in [0.2, 0.25) is 5.91 Å². The van der Waals surface area contributed by atoms with E-state index in [2.05, 4.69) is 12.2 Å². The zero-order valence-electron chi connectivity index (χ0n) is 19.4. The minimum atomic E-state index is -1.55. The topological polar surface area (TPSA) is 149 Å².